The molecule has 86 valence electrons. The van der Waals surface area contributed by atoms with Gasteiger partial charge in [-0.25, -0.2) is 4.39 Å². The summed E-state index contributed by atoms with van der Waals surface area (Å²) < 4.78 is 14.3. The Morgan fingerprint density at radius 2 is 2.12 bits per heavy atom. The van der Waals surface area contributed by atoms with Gasteiger partial charge in [0.05, 0.1) is 0 Å². The number of fused-ring (bicyclic) bond motifs is 2. The van der Waals surface area contributed by atoms with Crippen LogP contribution in [0.3, 0.4) is 0 Å². The van der Waals surface area contributed by atoms with Gasteiger partial charge in [0.1, 0.15) is 5.67 Å². The molecule has 0 radical (unpaired) electrons. The largest absolute Gasteiger partial charge is 0.296 e. The van der Waals surface area contributed by atoms with Gasteiger partial charge in [0, 0.05) is 19.6 Å². The third-order valence-electron chi connectivity index (χ3n) is 3.93. The number of benzene rings is 1. The molecule has 16 heavy (non-hydrogen) atoms. The lowest BCUT2D eigenvalue weighted by Gasteiger charge is -2.35. The van der Waals surface area contributed by atoms with E-state index < -0.39 is 5.67 Å². The lowest BCUT2D eigenvalue weighted by Crippen LogP contribution is -2.43. The fraction of sp³-hybridized carbons (Fsp3) is 0.571. The van der Waals surface area contributed by atoms with Crippen molar-refractivity contribution in [2.24, 2.45) is 5.92 Å². The molecule has 1 aromatic rings. The molecule has 0 N–H and O–H groups in total. The number of likely N-dealkylation sites (tertiary alicyclic amines) is 1. The highest BCUT2D eigenvalue weighted by molar-refractivity contribution is 5.15. The van der Waals surface area contributed by atoms with Gasteiger partial charge < -0.3 is 0 Å². The highest BCUT2D eigenvalue weighted by Gasteiger charge is 2.45. The van der Waals surface area contributed by atoms with E-state index in [2.05, 4.69) is 29.2 Å². The SMILES string of the molecule is FC12CCC(CN(Cc3ccccc3)C1)C2. The van der Waals surface area contributed by atoms with Crippen LogP contribution in [0.25, 0.3) is 0 Å². The van der Waals surface area contributed by atoms with Crippen LogP contribution in [0.4, 0.5) is 4.39 Å². The van der Waals surface area contributed by atoms with Gasteiger partial charge in [-0.15, -0.1) is 0 Å². The summed E-state index contributed by atoms with van der Waals surface area (Å²) in [5.74, 6) is 0.600. The van der Waals surface area contributed by atoms with Crippen LogP contribution < -0.4 is 0 Å². The molecule has 1 nitrogen and oxygen atoms in total. The molecule has 0 spiro atoms. The van der Waals surface area contributed by atoms with Gasteiger partial charge in [-0.1, -0.05) is 30.3 Å². The zero-order valence-electron chi connectivity index (χ0n) is 9.53. The first kappa shape index (κ1) is 10.3. The Morgan fingerprint density at radius 3 is 2.88 bits per heavy atom. The molecule has 2 bridgehead atoms. The molecule has 1 aromatic carbocycles. The zero-order valence-corrected chi connectivity index (χ0v) is 9.53. The summed E-state index contributed by atoms with van der Waals surface area (Å²) in [5, 5.41) is 0. The number of rotatable bonds is 2. The summed E-state index contributed by atoms with van der Waals surface area (Å²) in [5.41, 5.74) is 0.421. The monoisotopic (exact) mass is 219 g/mol. The van der Waals surface area contributed by atoms with E-state index in [4.69, 9.17) is 0 Å². The van der Waals surface area contributed by atoms with Crippen molar-refractivity contribution in [2.45, 2.75) is 31.5 Å². The Morgan fingerprint density at radius 1 is 1.31 bits per heavy atom. The molecule has 1 saturated carbocycles. The quantitative estimate of drug-likeness (QED) is 0.739. The molecule has 1 saturated heterocycles. The van der Waals surface area contributed by atoms with Crippen molar-refractivity contribution < 1.29 is 4.39 Å². The Labute approximate surface area is 96.3 Å². The average molecular weight is 219 g/mol. The van der Waals surface area contributed by atoms with Crippen molar-refractivity contribution in [1.82, 2.24) is 4.90 Å². The van der Waals surface area contributed by atoms with Crippen LogP contribution in [0, 0.1) is 5.92 Å². The van der Waals surface area contributed by atoms with Crippen molar-refractivity contribution in [3.8, 4) is 0 Å². The molecule has 2 unspecified atom stereocenters. The maximum Gasteiger partial charge on any atom is 0.124 e. The number of hydrogen-bond donors (Lipinski definition) is 0. The lowest BCUT2D eigenvalue weighted by atomic mass is 9.96. The van der Waals surface area contributed by atoms with Gasteiger partial charge in [-0.3, -0.25) is 4.90 Å². The van der Waals surface area contributed by atoms with Gasteiger partial charge >= 0.3 is 0 Å². The smallest absolute Gasteiger partial charge is 0.124 e. The minimum absolute atomic E-state index is 0.600. The van der Waals surface area contributed by atoms with E-state index in [-0.39, 0.29) is 0 Å². The van der Waals surface area contributed by atoms with Crippen molar-refractivity contribution >= 4 is 0 Å². The molecule has 3 rings (SSSR count). The van der Waals surface area contributed by atoms with E-state index in [1.807, 2.05) is 6.07 Å². The molecular weight excluding hydrogens is 201 g/mol. The van der Waals surface area contributed by atoms with Crippen molar-refractivity contribution in [1.29, 1.82) is 0 Å². The number of halogens is 1. The van der Waals surface area contributed by atoms with Crippen LogP contribution in [-0.2, 0) is 6.54 Å². The topological polar surface area (TPSA) is 3.24 Å². The predicted molar refractivity (Wildman–Crippen MR) is 62.9 cm³/mol. The molecule has 2 aliphatic rings. The van der Waals surface area contributed by atoms with E-state index in [1.54, 1.807) is 0 Å². The molecule has 2 heteroatoms. The summed E-state index contributed by atoms with van der Waals surface area (Å²) in [6.45, 7) is 2.63. The third-order valence-corrected chi connectivity index (χ3v) is 3.93. The Hall–Kier alpha value is -0.890. The molecule has 1 heterocycles. The Balaban J connectivity index is 1.69. The average Bonchev–Trinajstić information content (AvgIpc) is 2.54. The van der Waals surface area contributed by atoms with Gasteiger partial charge in [0.2, 0.25) is 0 Å². The summed E-state index contributed by atoms with van der Waals surface area (Å²) in [7, 11) is 0. The second-order valence-corrected chi connectivity index (χ2v) is 5.41. The van der Waals surface area contributed by atoms with Crippen molar-refractivity contribution in [3.05, 3.63) is 35.9 Å². The van der Waals surface area contributed by atoms with Crippen molar-refractivity contribution in [2.75, 3.05) is 13.1 Å². The molecular formula is C14H18FN. The normalized spacial score (nSPS) is 34.2. The first-order chi connectivity index (χ1) is 7.73. The minimum Gasteiger partial charge on any atom is -0.296 e. The first-order valence-electron chi connectivity index (χ1n) is 6.19. The van der Waals surface area contributed by atoms with Gasteiger partial charge in [0.25, 0.3) is 0 Å². The molecule has 1 aliphatic heterocycles. The lowest BCUT2D eigenvalue weighted by molar-refractivity contribution is 0.0523. The van der Waals surface area contributed by atoms with Crippen LogP contribution in [0.1, 0.15) is 24.8 Å². The van der Waals surface area contributed by atoms with Gasteiger partial charge in [-0.2, -0.15) is 0 Å². The summed E-state index contributed by atoms with van der Waals surface area (Å²) >= 11 is 0. The fourth-order valence-electron chi connectivity index (χ4n) is 3.28. The summed E-state index contributed by atoms with van der Waals surface area (Å²) in [6, 6.07) is 10.4. The van der Waals surface area contributed by atoms with E-state index in [9.17, 15) is 4.39 Å². The van der Waals surface area contributed by atoms with Gasteiger partial charge in [-0.05, 0) is 30.7 Å². The van der Waals surface area contributed by atoms with Gasteiger partial charge in [0.15, 0.2) is 0 Å². The standard InChI is InChI=1S/C14H18FN/c15-14-7-6-13(8-14)10-16(11-14)9-12-4-2-1-3-5-12/h1-5,13H,6-11H2. The highest BCUT2D eigenvalue weighted by atomic mass is 19.1. The van der Waals surface area contributed by atoms with Crippen LogP contribution in [-0.4, -0.2) is 23.7 Å². The van der Waals surface area contributed by atoms with E-state index >= 15 is 0 Å². The summed E-state index contributed by atoms with van der Waals surface area (Å²) in [6.07, 6.45) is 2.67. The maximum absolute atomic E-state index is 14.3. The number of piperidine rings is 1. The van der Waals surface area contributed by atoms with Crippen molar-refractivity contribution in [3.63, 3.8) is 0 Å². The van der Waals surface area contributed by atoms with Crippen LogP contribution >= 0.6 is 0 Å². The van der Waals surface area contributed by atoms with Crippen LogP contribution in [0.5, 0.6) is 0 Å². The minimum atomic E-state index is -0.877. The Bertz CT molecular complexity index is 364. The van der Waals surface area contributed by atoms with E-state index in [1.165, 1.54) is 5.56 Å². The highest BCUT2D eigenvalue weighted by Crippen LogP contribution is 2.42. The predicted octanol–water partition coefficient (Wildman–Crippen LogP) is 3.01. The van der Waals surface area contributed by atoms with E-state index in [0.29, 0.717) is 12.5 Å². The third kappa shape index (κ3) is 1.99. The fourth-order valence-corrected chi connectivity index (χ4v) is 3.28. The zero-order chi connectivity index (χ0) is 11.0. The molecule has 0 aromatic heterocycles. The maximum atomic E-state index is 14.3. The van der Waals surface area contributed by atoms with Crippen LogP contribution in [0.2, 0.25) is 0 Å². The number of nitrogens with zero attached hydrogens (tertiary/aromatic N) is 1. The second kappa shape index (κ2) is 3.85. The first-order valence-corrected chi connectivity index (χ1v) is 6.19. The molecule has 2 atom stereocenters. The molecule has 2 fully saturated rings. The summed E-state index contributed by atoms with van der Waals surface area (Å²) in [4.78, 5) is 2.29. The number of alkyl halides is 1. The van der Waals surface area contributed by atoms with E-state index in [0.717, 1.165) is 32.4 Å². The molecule has 0 amide bonds. The number of hydrogen-bond acceptors (Lipinski definition) is 1. The molecule has 1 aliphatic carbocycles. The second-order valence-electron chi connectivity index (χ2n) is 5.41. The Kier molecular flexibility index (Phi) is 2.47. The van der Waals surface area contributed by atoms with Crippen LogP contribution in [0.15, 0.2) is 30.3 Å².